The highest BCUT2D eigenvalue weighted by atomic mass is 19.4. The smallest absolute Gasteiger partial charge is 0.419 e. The maximum atomic E-state index is 14.0. The van der Waals surface area contributed by atoms with Crippen molar-refractivity contribution in [1.82, 2.24) is 9.13 Å². The topological polar surface area (TPSA) is 79.5 Å². The number of hydrogen-bond acceptors (Lipinski definition) is 5. The van der Waals surface area contributed by atoms with Crippen molar-refractivity contribution in [3.63, 3.8) is 0 Å². The monoisotopic (exact) mass is 480 g/mol. The van der Waals surface area contributed by atoms with Gasteiger partial charge in [-0.2, -0.15) is 13.2 Å². The summed E-state index contributed by atoms with van der Waals surface area (Å²) in [5, 5.41) is 0. The van der Waals surface area contributed by atoms with Crippen molar-refractivity contribution in [2.24, 2.45) is 0 Å². The van der Waals surface area contributed by atoms with E-state index in [0.29, 0.717) is 23.0 Å². The summed E-state index contributed by atoms with van der Waals surface area (Å²) < 4.78 is 66.0. The second kappa shape index (κ2) is 9.94. The molecular weight excluding hydrogens is 460 g/mol. The standard InChI is InChI=1S/C23H20F4N2O5/c1-3-33-16-10-8-15(9-11-16)28-13-17(21(31)34-4-2)20(30)29(22(28)32)12-14-6-5-7-18(24)19(14)23(25,26)27/h5-11,13H,3-4,12H2,1-2H3. The van der Waals surface area contributed by atoms with Crippen LogP contribution in [0.25, 0.3) is 5.69 Å². The van der Waals surface area contributed by atoms with Crippen molar-refractivity contribution in [2.75, 3.05) is 13.2 Å². The van der Waals surface area contributed by atoms with Crippen LogP contribution in [0.5, 0.6) is 5.75 Å². The molecule has 0 saturated heterocycles. The van der Waals surface area contributed by atoms with E-state index in [4.69, 9.17) is 9.47 Å². The van der Waals surface area contributed by atoms with Crippen molar-refractivity contribution >= 4 is 5.97 Å². The number of nitrogens with zero attached hydrogens (tertiary/aromatic N) is 2. The lowest BCUT2D eigenvalue weighted by molar-refractivity contribution is -0.140. The Hall–Kier alpha value is -3.89. The van der Waals surface area contributed by atoms with E-state index < -0.39 is 52.4 Å². The molecule has 0 N–H and O–H groups in total. The average molecular weight is 480 g/mol. The van der Waals surface area contributed by atoms with E-state index in [1.165, 1.54) is 19.1 Å². The highest BCUT2D eigenvalue weighted by Crippen LogP contribution is 2.34. The van der Waals surface area contributed by atoms with Gasteiger partial charge in [0, 0.05) is 6.20 Å². The third kappa shape index (κ3) is 5.03. The van der Waals surface area contributed by atoms with E-state index in [-0.39, 0.29) is 12.3 Å². The predicted molar refractivity (Wildman–Crippen MR) is 114 cm³/mol. The molecule has 0 unspecified atom stereocenters. The number of hydrogen-bond donors (Lipinski definition) is 0. The molecule has 0 aliphatic rings. The first kappa shape index (κ1) is 24.7. The minimum Gasteiger partial charge on any atom is -0.494 e. The predicted octanol–water partition coefficient (Wildman–Crippen LogP) is 3.78. The number of rotatable bonds is 7. The Morgan fingerprint density at radius 1 is 1.00 bits per heavy atom. The molecule has 2 aromatic carbocycles. The number of aromatic nitrogens is 2. The summed E-state index contributed by atoms with van der Waals surface area (Å²) in [6, 6.07) is 8.64. The number of carbonyl (C=O) groups excluding carboxylic acids is 1. The zero-order valence-corrected chi connectivity index (χ0v) is 18.2. The second-order valence-corrected chi connectivity index (χ2v) is 7.01. The van der Waals surface area contributed by atoms with E-state index in [1.54, 1.807) is 19.1 Å². The fourth-order valence-corrected chi connectivity index (χ4v) is 3.33. The fourth-order valence-electron chi connectivity index (χ4n) is 3.33. The maximum Gasteiger partial charge on any atom is 0.419 e. The molecule has 3 aromatic rings. The Bertz CT molecular complexity index is 1310. The van der Waals surface area contributed by atoms with Crippen LogP contribution in [0, 0.1) is 5.82 Å². The molecule has 0 amide bonds. The molecule has 1 heterocycles. The van der Waals surface area contributed by atoms with Crippen LogP contribution < -0.4 is 16.0 Å². The molecule has 180 valence electrons. The molecule has 7 nitrogen and oxygen atoms in total. The normalized spacial score (nSPS) is 11.4. The highest BCUT2D eigenvalue weighted by molar-refractivity contribution is 5.88. The van der Waals surface area contributed by atoms with Gasteiger partial charge in [0.15, 0.2) is 0 Å². The fraction of sp³-hybridized carbons (Fsp3) is 0.261. The van der Waals surface area contributed by atoms with Crippen LogP contribution in [0.4, 0.5) is 17.6 Å². The number of alkyl halides is 3. The summed E-state index contributed by atoms with van der Waals surface area (Å²) in [6.07, 6.45) is -4.11. The van der Waals surface area contributed by atoms with Gasteiger partial charge in [-0.3, -0.25) is 13.9 Å². The summed E-state index contributed by atoms with van der Waals surface area (Å²) in [5.41, 5.74) is -4.80. The molecule has 0 atom stereocenters. The summed E-state index contributed by atoms with van der Waals surface area (Å²) in [5.74, 6) is -2.12. The second-order valence-electron chi connectivity index (χ2n) is 7.01. The molecule has 0 fully saturated rings. The Morgan fingerprint density at radius 2 is 1.68 bits per heavy atom. The van der Waals surface area contributed by atoms with Gasteiger partial charge in [-0.05, 0) is 49.7 Å². The molecule has 34 heavy (non-hydrogen) atoms. The number of carbonyl (C=O) groups is 1. The van der Waals surface area contributed by atoms with E-state index in [1.807, 2.05) is 0 Å². The van der Waals surface area contributed by atoms with Gasteiger partial charge in [0.1, 0.15) is 17.1 Å². The van der Waals surface area contributed by atoms with Gasteiger partial charge in [0.25, 0.3) is 5.56 Å². The van der Waals surface area contributed by atoms with E-state index >= 15 is 0 Å². The van der Waals surface area contributed by atoms with Gasteiger partial charge < -0.3 is 9.47 Å². The summed E-state index contributed by atoms with van der Waals surface area (Å²) in [7, 11) is 0. The van der Waals surface area contributed by atoms with Gasteiger partial charge >= 0.3 is 17.8 Å². The minimum atomic E-state index is -5.07. The first-order chi connectivity index (χ1) is 16.1. The van der Waals surface area contributed by atoms with Crippen molar-refractivity contribution in [2.45, 2.75) is 26.6 Å². The van der Waals surface area contributed by atoms with E-state index in [9.17, 15) is 31.9 Å². The van der Waals surface area contributed by atoms with E-state index in [2.05, 4.69) is 0 Å². The lowest BCUT2D eigenvalue weighted by atomic mass is 10.1. The SMILES string of the molecule is CCOC(=O)c1cn(-c2ccc(OCC)cc2)c(=O)n(Cc2cccc(F)c2C(F)(F)F)c1=O. The molecule has 0 spiro atoms. The molecule has 11 heteroatoms. The Morgan fingerprint density at radius 3 is 2.26 bits per heavy atom. The van der Waals surface area contributed by atoms with Crippen LogP contribution in [0.2, 0.25) is 0 Å². The number of halogens is 4. The lowest BCUT2D eigenvalue weighted by Crippen LogP contribution is -2.42. The summed E-state index contributed by atoms with van der Waals surface area (Å²) >= 11 is 0. The Balaban J connectivity index is 2.24. The van der Waals surface area contributed by atoms with Crippen molar-refractivity contribution in [1.29, 1.82) is 0 Å². The molecule has 0 bridgehead atoms. The average Bonchev–Trinajstić information content (AvgIpc) is 2.77. The zero-order valence-electron chi connectivity index (χ0n) is 18.2. The van der Waals surface area contributed by atoms with Gasteiger partial charge in [-0.15, -0.1) is 0 Å². The summed E-state index contributed by atoms with van der Waals surface area (Å²) in [6.45, 7) is 2.67. The molecule has 0 radical (unpaired) electrons. The van der Waals surface area contributed by atoms with Crippen molar-refractivity contribution in [3.05, 3.63) is 92.0 Å². The van der Waals surface area contributed by atoms with Gasteiger partial charge in [-0.1, -0.05) is 12.1 Å². The first-order valence-corrected chi connectivity index (χ1v) is 10.2. The molecule has 1 aromatic heterocycles. The number of esters is 1. The molecule has 0 saturated carbocycles. The van der Waals surface area contributed by atoms with Crippen LogP contribution in [0.15, 0.2) is 58.3 Å². The molecule has 0 aliphatic heterocycles. The Labute approximate surface area is 190 Å². The first-order valence-electron chi connectivity index (χ1n) is 10.2. The molecule has 0 aliphatic carbocycles. The van der Waals surface area contributed by atoms with Gasteiger partial charge in [0.05, 0.1) is 31.0 Å². The van der Waals surface area contributed by atoms with Crippen molar-refractivity contribution in [3.8, 4) is 11.4 Å². The van der Waals surface area contributed by atoms with Gasteiger partial charge in [0.2, 0.25) is 0 Å². The third-order valence-corrected chi connectivity index (χ3v) is 4.80. The molecule has 3 rings (SSSR count). The zero-order chi connectivity index (χ0) is 25.0. The third-order valence-electron chi connectivity index (χ3n) is 4.80. The van der Waals surface area contributed by atoms with Crippen molar-refractivity contribution < 1.29 is 31.8 Å². The number of benzene rings is 2. The highest BCUT2D eigenvalue weighted by Gasteiger charge is 2.37. The molecular formula is C23H20F4N2O5. The largest absolute Gasteiger partial charge is 0.494 e. The van der Waals surface area contributed by atoms with Crippen LogP contribution in [-0.2, 0) is 17.5 Å². The Kier molecular flexibility index (Phi) is 7.23. The number of ether oxygens (including phenoxy) is 2. The van der Waals surface area contributed by atoms with Crippen LogP contribution >= 0.6 is 0 Å². The van der Waals surface area contributed by atoms with E-state index in [0.717, 1.165) is 22.9 Å². The maximum absolute atomic E-state index is 14.0. The lowest BCUT2D eigenvalue weighted by Gasteiger charge is -2.16. The van der Waals surface area contributed by atoms with Gasteiger partial charge in [-0.25, -0.2) is 14.0 Å². The quantitative estimate of drug-likeness (QED) is 0.380. The minimum absolute atomic E-state index is 0.0808. The van der Waals surface area contributed by atoms with Crippen LogP contribution in [0.1, 0.15) is 35.3 Å². The van der Waals surface area contributed by atoms with Crippen LogP contribution in [0.3, 0.4) is 0 Å². The summed E-state index contributed by atoms with van der Waals surface area (Å²) in [4.78, 5) is 38.5. The van der Waals surface area contributed by atoms with Crippen LogP contribution in [-0.4, -0.2) is 28.3 Å².